The molecule has 2 atom stereocenters. The van der Waals surface area contributed by atoms with E-state index in [4.69, 9.17) is 9.84 Å². The van der Waals surface area contributed by atoms with Gasteiger partial charge in [-0.3, -0.25) is 9.59 Å². The Bertz CT molecular complexity index is 498. The minimum absolute atomic E-state index is 0.0573. The standard InChI is InChI=1S/C15H22N2O4/c1-21-9-8-17-7-3-6-13(17)14(18)16-12-5-2-4-11(10-12)15(19)20/h3,6-7,11-12H,2,4-5,8-10H2,1H3,(H,16,18)(H,19,20). The molecule has 6 heteroatoms. The Kier molecular flexibility index (Phi) is 5.38. The highest BCUT2D eigenvalue weighted by Gasteiger charge is 2.28. The Morgan fingerprint density at radius 3 is 3.00 bits per heavy atom. The Morgan fingerprint density at radius 1 is 1.48 bits per heavy atom. The fourth-order valence-electron chi connectivity index (χ4n) is 2.81. The third kappa shape index (κ3) is 4.07. The number of carboxylic acids is 1. The van der Waals surface area contributed by atoms with Crippen molar-refractivity contribution in [2.75, 3.05) is 13.7 Å². The molecule has 0 spiro atoms. The predicted molar refractivity (Wildman–Crippen MR) is 77.2 cm³/mol. The lowest BCUT2D eigenvalue weighted by molar-refractivity contribution is -0.143. The molecule has 21 heavy (non-hydrogen) atoms. The molecule has 116 valence electrons. The van der Waals surface area contributed by atoms with Crippen molar-refractivity contribution in [3.05, 3.63) is 24.0 Å². The predicted octanol–water partition coefficient (Wildman–Crippen LogP) is 1.51. The number of aliphatic carboxylic acids is 1. The van der Waals surface area contributed by atoms with E-state index in [1.54, 1.807) is 13.2 Å². The van der Waals surface area contributed by atoms with Crippen molar-refractivity contribution >= 4 is 11.9 Å². The highest BCUT2D eigenvalue weighted by Crippen LogP contribution is 2.24. The molecule has 0 aliphatic heterocycles. The molecule has 0 saturated heterocycles. The van der Waals surface area contributed by atoms with Crippen LogP contribution in [0.3, 0.4) is 0 Å². The minimum atomic E-state index is -0.766. The second-order valence-electron chi connectivity index (χ2n) is 5.45. The molecule has 1 aromatic heterocycles. The molecule has 0 radical (unpaired) electrons. The number of ether oxygens (including phenoxy) is 1. The molecule has 2 N–H and O–H groups in total. The van der Waals surface area contributed by atoms with Gasteiger partial charge in [0.2, 0.25) is 0 Å². The number of amides is 1. The Labute approximate surface area is 124 Å². The van der Waals surface area contributed by atoms with Gasteiger partial charge in [0.25, 0.3) is 5.91 Å². The van der Waals surface area contributed by atoms with Gasteiger partial charge in [-0.15, -0.1) is 0 Å². The van der Waals surface area contributed by atoms with E-state index in [1.165, 1.54) is 0 Å². The summed E-state index contributed by atoms with van der Waals surface area (Å²) >= 11 is 0. The van der Waals surface area contributed by atoms with Gasteiger partial charge in [0.15, 0.2) is 0 Å². The third-order valence-electron chi connectivity index (χ3n) is 3.96. The van der Waals surface area contributed by atoms with Gasteiger partial charge in [-0.1, -0.05) is 6.42 Å². The minimum Gasteiger partial charge on any atom is -0.481 e. The smallest absolute Gasteiger partial charge is 0.306 e. The first kappa shape index (κ1) is 15.6. The summed E-state index contributed by atoms with van der Waals surface area (Å²) in [4.78, 5) is 23.4. The highest BCUT2D eigenvalue weighted by molar-refractivity contribution is 5.93. The number of hydrogen-bond acceptors (Lipinski definition) is 3. The van der Waals surface area contributed by atoms with E-state index in [1.807, 2.05) is 16.8 Å². The number of methoxy groups -OCH3 is 1. The van der Waals surface area contributed by atoms with Gasteiger partial charge in [0.1, 0.15) is 5.69 Å². The topological polar surface area (TPSA) is 80.6 Å². The molecule has 1 aliphatic carbocycles. The third-order valence-corrected chi connectivity index (χ3v) is 3.96. The number of nitrogens with zero attached hydrogens (tertiary/aromatic N) is 1. The van der Waals surface area contributed by atoms with E-state index in [-0.39, 0.29) is 17.9 Å². The second kappa shape index (κ2) is 7.26. The maximum absolute atomic E-state index is 12.3. The first-order chi connectivity index (χ1) is 10.1. The quantitative estimate of drug-likeness (QED) is 0.833. The molecule has 1 amide bonds. The van der Waals surface area contributed by atoms with Crippen LogP contribution in [0.2, 0.25) is 0 Å². The number of carbonyl (C=O) groups is 2. The SMILES string of the molecule is COCCn1cccc1C(=O)NC1CCCC(C(=O)O)C1. The second-order valence-corrected chi connectivity index (χ2v) is 5.45. The maximum Gasteiger partial charge on any atom is 0.306 e. The highest BCUT2D eigenvalue weighted by atomic mass is 16.5. The molecule has 1 saturated carbocycles. The van der Waals surface area contributed by atoms with Gasteiger partial charge in [0, 0.05) is 25.9 Å². The van der Waals surface area contributed by atoms with E-state index >= 15 is 0 Å². The Balaban J connectivity index is 1.95. The Hall–Kier alpha value is -1.82. The zero-order valence-corrected chi connectivity index (χ0v) is 12.2. The van der Waals surface area contributed by atoms with Gasteiger partial charge in [0.05, 0.1) is 12.5 Å². The van der Waals surface area contributed by atoms with Crippen molar-refractivity contribution in [2.24, 2.45) is 5.92 Å². The van der Waals surface area contributed by atoms with Crippen LogP contribution < -0.4 is 5.32 Å². The number of carboxylic acid groups (broad SMARTS) is 1. The van der Waals surface area contributed by atoms with Gasteiger partial charge >= 0.3 is 5.97 Å². The normalized spacial score (nSPS) is 22.0. The van der Waals surface area contributed by atoms with E-state index in [2.05, 4.69) is 5.32 Å². The van der Waals surface area contributed by atoms with Crippen LogP contribution in [0.25, 0.3) is 0 Å². The molecule has 2 rings (SSSR count). The average molecular weight is 294 g/mol. The molecule has 0 bridgehead atoms. The van der Waals surface area contributed by atoms with Crippen LogP contribution in [0.4, 0.5) is 0 Å². The Morgan fingerprint density at radius 2 is 2.29 bits per heavy atom. The van der Waals surface area contributed by atoms with Crippen LogP contribution in [0.5, 0.6) is 0 Å². The summed E-state index contributed by atoms with van der Waals surface area (Å²) in [6.07, 6.45) is 4.74. The first-order valence-electron chi connectivity index (χ1n) is 7.29. The van der Waals surface area contributed by atoms with Crippen molar-refractivity contribution in [3.8, 4) is 0 Å². The summed E-state index contributed by atoms with van der Waals surface area (Å²) in [6, 6.07) is 3.53. The number of rotatable bonds is 6. The van der Waals surface area contributed by atoms with Crippen LogP contribution in [-0.2, 0) is 16.1 Å². The van der Waals surface area contributed by atoms with Crippen LogP contribution >= 0.6 is 0 Å². The van der Waals surface area contributed by atoms with E-state index in [0.717, 1.165) is 12.8 Å². The zero-order valence-electron chi connectivity index (χ0n) is 12.2. The molecule has 1 fully saturated rings. The lowest BCUT2D eigenvalue weighted by Crippen LogP contribution is -2.40. The van der Waals surface area contributed by atoms with Gasteiger partial charge in [-0.05, 0) is 31.4 Å². The number of aromatic nitrogens is 1. The number of nitrogens with one attached hydrogen (secondary N) is 1. The monoisotopic (exact) mass is 294 g/mol. The first-order valence-corrected chi connectivity index (χ1v) is 7.29. The molecule has 0 aromatic carbocycles. The fraction of sp³-hybridized carbons (Fsp3) is 0.600. The van der Waals surface area contributed by atoms with E-state index in [0.29, 0.717) is 31.7 Å². The molecular formula is C15H22N2O4. The van der Waals surface area contributed by atoms with Crippen LogP contribution in [0, 0.1) is 5.92 Å². The summed E-state index contributed by atoms with van der Waals surface area (Å²) in [5.41, 5.74) is 0.587. The summed E-state index contributed by atoms with van der Waals surface area (Å²) < 4.78 is 6.87. The molecule has 1 aromatic rings. The summed E-state index contributed by atoms with van der Waals surface area (Å²) in [6.45, 7) is 1.16. The largest absolute Gasteiger partial charge is 0.481 e. The van der Waals surface area contributed by atoms with Gasteiger partial charge < -0.3 is 19.7 Å². The summed E-state index contributed by atoms with van der Waals surface area (Å²) in [5, 5.41) is 12.0. The molecular weight excluding hydrogens is 272 g/mol. The number of carbonyl (C=O) groups excluding carboxylic acids is 1. The van der Waals surface area contributed by atoms with Crippen molar-refractivity contribution in [1.82, 2.24) is 9.88 Å². The van der Waals surface area contributed by atoms with Crippen molar-refractivity contribution in [3.63, 3.8) is 0 Å². The van der Waals surface area contributed by atoms with Crippen LogP contribution in [0.15, 0.2) is 18.3 Å². The lowest BCUT2D eigenvalue weighted by atomic mass is 9.86. The molecule has 1 heterocycles. The number of hydrogen-bond donors (Lipinski definition) is 2. The summed E-state index contributed by atoms with van der Waals surface area (Å²) in [7, 11) is 1.62. The van der Waals surface area contributed by atoms with Gasteiger partial charge in [-0.2, -0.15) is 0 Å². The van der Waals surface area contributed by atoms with Crippen molar-refractivity contribution in [2.45, 2.75) is 38.3 Å². The van der Waals surface area contributed by atoms with Crippen molar-refractivity contribution in [1.29, 1.82) is 0 Å². The average Bonchev–Trinajstić information content (AvgIpc) is 2.93. The van der Waals surface area contributed by atoms with Crippen molar-refractivity contribution < 1.29 is 19.4 Å². The fourth-order valence-corrected chi connectivity index (χ4v) is 2.81. The molecule has 6 nitrogen and oxygen atoms in total. The molecule has 1 aliphatic rings. The van der Waals surface area contributed by atoms with Gasteiger partial charge in [-0.25, -0.2) is 0 Å². The van der Waals surface area contributed by atoms with Crippen LogP contribution in [-0.4, -0.2) is 41.3 Å². The molecule has 2 unspecified atom stereocenters. The van der Waals surface area contributed by atoms with Crippen LogP contribution in [0.1, 0.15) is 36.2 Å². The maximum atomic E-state index is 12.3. The zero-order chi connectivity index (χ0) is 15.2. The van der Waals surface area contributed by atoms with E-state index < -0.39 is 5.97 Å². The van der Waals surface area contributed by atoms with E-state index in [9.17, 15) is 9.59 Å². The summed E-state index contributed by atoms with van der Waals surface area (Å²) in [5.74, 6) is -1.26. The lowest BCUT2D eigenvalue weighted by Gasteiger charge is -2.27.